The zero-order valence-electron chi connectivity index (χ0n) is 5.22. The normalized spacial score (nSPS) is 9.44. The largest absolute Gasteiger partial charge is 0.271 e. The molecule has 0 aromatic carbocycles. The highest BCUT2D eigenvalue weighted by Crippen LogP contribution is 2.18. The van der Waals surface area contributed by atoms with E-state index in [1.54, 1.807) is 23.4 Å². The van der Waals surface area contributed by atoms with Crippen molar-refractivity contribution in [3.63, 3.8) is 0 Å². The van der Waals surface area contributed by atoms with Crippen LogP contribution in [-0.2, 0) is 0 Å². The second-order valence-corrected chi connectivity index (χ2v) is 2.64. The van der Waals surface area contributed by atoms with Crippen molar-refractivity contribution in [1.29, 1.82) is 0 Å². The Morgan fingerprint density at radius 3 is 3.11 bits per heavy atom. The van der Waals surface area contributed by atoms with Gasteiger partial charge in [-0.3, -0.25) is 5.10 Å². The van der Waals surface area contributed by atoms with Crippen molar-refractivity contribution < 1.29 is 0 Å². The highest BCUT2D eigenvalue weighted by Gasteiger charge is 1.95. The third-order valence-corrected chi connectivity index (χ3v) is 1.80. The highest BCUT2D eigenvalue weighted by molar-refractivity contribution is 8.02. The van der Waals surface area contributed by atoms with Gasteiger partial charge in [-0.15, -0.1) is 0 Å². The maximum Gasteiger partial charge on any atom is 0.0978 e. The van der Waals surface area contributed by atoms with Crippen LogP contribution in [-0.4, -0.2) is 10.2 Å². The Kier molecular flexibility index (Phi) is 1.95. The predicted molar refractivity (Wildman–Crippen MR) is 39.4 cm³/mol. The van der Waals surface area contributed by atoms with Gasteiger partial charge >= 0.3 is 0 Å². The lowest BCUT2D eigenvalue weighted by Gasteiger charge is -1.88. The van der Waals surface area contributed by atoms with E-state index in [1.807, 2.05) is 6.92 Å². The zero-order valence-corrected chi connectivity index (χ0v) is 6.03. The molecule has 1 rings (SSSR count). The van der Waals surface area contributed by atoms with Crippen LogP contribution in [0.25, 0.3) is 0 Å². The summed E-state index contributed by atoms with van der Waals surface area (Å²) in [4.78, 5) is 0. The van der Waals surface area contributed by atoms with Gasteiger partial charge in [0.2, 0.25) is 0 Å². The third-order valence-electron chi connectivity index (χ3n) is 0.984. The minimum atomic E-state index is 1.07. The van der Waals surface area contributed by atoms with Crippen molar-refractivity contribution in [3.8, 4) is 0 Å². The average Bonchev–Trinajstić information content (AvgIpc) is 2.18. The van der Waals surface area contributed by atoms with Crippen LogP contribution in [0.15, 0.2) is 23.2 Å². The van der Waals surface area contributed by atoms with E-state index in [4.69, 9.17) is 0 Å². The molecular weight excluding hydrogens is 132 g/mol. The summed E-state index contributed by atoms with van der Waals surface area (Å²) < 4.78 is 0. The first-order valence-electron chi connectivity index (χ1n) is 2.62. The molecular formula is C6H8N2S. The van der Waals surface area contributed by atoms with E-state index in [9.17, 15) is 0 Å². The molecule has 0 aliphatic heterocycles. The number of thioether (sulfide) groups is 1. The van der Waals surface area contributed by atoms with Gasteiger partial charge in [-0.1, -0.05) is 18.3 Å². The van der Waals surface area contributed by atoms with Crippen LogP contribution in [0.4, 0.5) is 0 Å². The number of hydrogen-bond donors (Lipinski definition) is 1. The Bertz CT molecular complexity index is 205. The molecule has 3 heteroatoms. The summed E-state index contributed by atoms with van der Waals surface area (Å²) in [6.07, 6.45) is 1.80. The first kappa shape index (κ1) is 6.42. The van der Waals surface area contributed by atoms with E-state index >= 15 is 0 Å². The molecule has 1 N–H and O–H groups in total. The molecule has 0 saturated heterocycles. The van der Waals surface area contributed by atoms with E-state index in [2.05, 4.69) is 16.8 Å². The molecule has 48 valence electrons. The van der Waals surface area contributed by atoms with Crippen LogP contribution in [0, 0.1) is 6.92 Å². The minimum absolute atomic E-state index is 1.07. The Hall–Kier alpha value is -0.700. The van der Waals surface area contributed by atoms with Gasteiger partial charge in [0.15, 0.2) is 0 Å². The smallest absolute Gasteiger partial charge is 0.0978 e. The molecule has 1 aromatic heterocycles. The number of aromatic nitrogens is 2. The summed E-state index contributed by atoms with van der Waals surface area (Å²) >= 11 is 1.55. The lowest BCUT2D eigenvalue weighted by molar-refractivity contribution is 1.00. The van der Waals surface area contributed by atoms with E-state index in [1.165, 1.54) is 5.56 Å². The summed E-state index contributed by atoms with van der Waals surface area (Å²) in [5.41, 5.74) is 1.17. The molecule has 1 aromatic rings. The van der Waals surface area contributed by atoms with Crippen molar-refractivity contribution in [2.75, 3.05) is 0 Å². The molecule has 0 saturated carbocycles. The van der Waals surface area contributed by atoms with Gasteiger partial charge in [0.25, 0.3) is 0 Å². The van der Waals surface area contributed by atoms with Crippen LogP contribution >= 0.6 is 11.8 Å². The number of rotatable bonds is 2. The number of nitrogens with zero attached hydrogens (tertiary/aromatic N) is 1. The summed E-state index contributed by atoms with van der Waals surface area (Å²) in [5, 5.41) is 9.55. The van der Waals surface area contributed by atoms with Crippen molar-refractivity contribution in [3.05, 3.63) is 23.7 Å². The average molecular weight is 140 g/mol. The molecule has 0 aliphatic carbocycles. The standard InChI is InChI=1S/C6H8N2S/c1-3-9-6-5(2)4-7-8-6/h3-4H,1H2,2H3,(H,7,8). The summed E-state index contributed by atoms with van der Waals surface area (Å²) in [7, 11) is 0. The maximum absolute atomic E-state index is 3.85. The molecule has 2 nitrogen and oxygen atoms in total. The van der Waals surface area contributed by atoms with Crippen molar-refractivity contribution in [2.24, 2.45) is 0 Å². The second-order valence-electron chi connectivity index (χ2n) is 1.67. The summed E-state index contributed by atoms with van der Waals surface area (Å²) in [5.74, 6) is 0. The monoisotopic (exact) mass is 140 g/mol. The molecule has 0 bridgehead atoms. The van der Waals surface area contributed by atoms with E-state index < -0.39 is 0 Å². The van der Waals surface area contributed by atoms with E-state index in [-0.39, 0.29) is 0 Å². The molecule has 9 heavy (non-hydrogen) atoms. The molecule has 0 atom stereocenters. The number of H-pyrrole nitrogens is 1. The first-order chi connectivity index (χ1) is 4.34. The number of aromatic amines is 1. The Balaban J connectivity index is 2.80. The van der Waals surface area contributed by atoms with Gasteiger partial charge in [0.1, 0.15) is 0 Å². The van der Waals surface area contributed by atoms with Gasteiger partial charge in [0.05, 0.1) is 11.2 Å². The van der Waals surface area contributed by atoms with Crippen LogP contribution in [0.2, 0.25) is 0 Å². The molecule has 0 fully saturated rings. The Labute approximate surface area is 58.4 Å². The Morgan fingerprint density at radius 1 is 1.89 bits per heavy atom. The molecule has 0 aliphatic rings. The van der Waals surface area contributed by atoms with Gasteiger partial charge < -0.3 is 0 Å². The maximum atomic E-state index is 3.85. The first-order valence-corrected chi connectivity index (χ1v) is 3.50. The van der Waals surface area contributed by atoms with Gasteiger partial charge in [-0.05, 0) is 12.3 Å². The molecule has 0 unspecified atom stereocenters. The van der Waals surface area contributed by atoms with Crippen LogP contribution in [0.3, 0.4) is 0 Å². The predicted octanol–water partition coefficient (Wildman–Crippen LogP) is 1.95. The quantitative estimate of drug-likeness (QED) is 0.636. The summed E-state index contributed by atoms with van der Waals surface area (Å²) in [6.45, 7) is 5.60. The van der Waals surface area contributed by atoms with Gasteiger partial charge in [-0.25, -0.2) is 0 Å². The van der Waals surface area contributed by atoms with Crippen LogP contribution in [0.5, 0.6) is 0 Å². The number of aryl methyl sites for hydroxylation is 1. The number of nitrogens with one attached hydrogen (secondary N) is 1. The van der Waals surface area contributed by atoms with Gasteiger partial charge in [-0.2, -0.15) is 5.10 Å². The molecule has 0 amide bonds. The topological polar surface area (TPSA) is 28.7 Å². The molecule has 1 heterocycles. The lowest BCUT2D eigenvalue weighted by atomic mass is 10.4. The SMILES string of the molecule is C=CSc1[nH]ncc1C. The van der Waals surface area contributed by atoms with Gasteiger partial charge in [0, 0.05) is 5.56 Å². The summed E-state index contributed by atoms with van der Waals surface area (Å²) in [6, 6.07) is 0. The van der Waals surface area contributed by atoms with Crippen molar-refractivity contribution in [1.82, 2.24) is 10.2 Å². The number of hydrogen-bond acceptors (Lipinski definition) is 2. The third kappa shape index (κ3) is 1.36. The molecule has 0 radical (unpaired) electrons. The highest BCUT2D eigenvalue weighted by atomic mass is 32.2. The van der Waals surface area contributed by atoms with Crippen LogP contribution in [0.1, 0.15) is 5.56 Å². The second kappa shape index (κ2) is 2.73. The fourth-order valence-corrected chi connectivity index (χ4v) is 1.05. The van der Waals surface area contributed by atoms with E-state index in [0.717, 1.165) is 5.03 Å². The Morgan fingerprint density at radius 2 is 2.67 bits per heavy atom. The van der Waals surface area contributed by atoms with E-state index in [0.29, 0.717) is 0 Å². The lowest BCUT2D eigenvalue weighted by Crippen LogP contribution is -1.69. The zero-order chi connectivity index (χ0) is 6.69. The minimum Gasteiger partial charge on any atom is -0.271 e. The van der Waals surface area contributed by atoms with Crippen LogP contribution < -0.4 is 0 Å². The van der Waals surface area contributed by atoms with Crippen molar-refractivity contribution >= 4 is 11.8 Å². The van der Waals surface area contributed by atoms with Crippen molar-refractivity contribution in [2.45, 2.75) is 11.9 Å². The fraction of sp³-hybridized carbons (Fsp3) is 0.167. The molecule has 0 spiro atoms. The fourth-order valence-electron chi connectivity index (χ4n) is 0.537.